The fourth-order valence-electron chi connectivity index (χ4n) is 2.37. The summed E-state index contributed by atoms with van der Waals surface area (Å²) in [5.41, 5.74) is 1.68. The summed E-state index contributed by atoms with van der Waals surface area (Å²) >= 11 is 4.50. The molecule has 1 aromatic carbocycles. The molecule has 0 fully saturated rings. The van der Waals surface area contributed by atoms with Gasteiger partial charge in [-0.25, -0.2) is 0 Å². The zero-order valence-corrected chi connectivity index (χ0v) is 15.5. The van der Waals surface area contributed by atoms with Crippen molar-refractivity contribution in [2.45, 2.75) is 0 Å². The van der Waals surface area contributed by atoms with Crippen molar-refractivity contribution in [1.29, 1.82) is 0 Å². The van der Waals surface area contributed by atoms with Crippen LogP contribution in [0.4, 0.5) is 5.69 Å². The van der Waals surface area contributed by atoms with Crippen molar-refractivity contribution in [2.75, 3.05) is 0 Å². The lowest BCUT2D eigenvalue weighted by molar-refractivity contribution is -0.113. The van der Waals surface area contributed by atoms with Crippen LogP contribution in [-0.2, 0) is 4.79 Å². The van der Waals surface area contributed by atoms with Crippen molar-refractivity contribution in [2.24, 2.45) is 15.2 Å². The number of aromatic amines is 1. The molecule has 0 radical (unpaired) electrons. The maximum atomic E-state index is 12.0. The molecule has 0 saturated heterocycles. The largest absolute Gasteiger partial charge is 0.493 e. The maximum Gasteiger partial charge on any atom is 0.286 e. The third-order valence-corrected chi connectivity index (χ3v) is 4.89. The van der Waals surface area contributed by atoms with Crippen molar-refractivity contribution in [1.82, 2.24) is 9.97 Å². The van der Waals surface area contributed by atoms with Crippen LogP contribution in [0.3, 0.4) is 0 Å². The summed E-state index contributed by atoms with van der Waals surface area (Å²) < 4.78 is 0.851. The van der Waals surface area contributed by atoms with Gasteiger partial charge in [-0.05, 0) is 48.2 Å². The van der Waals surface area contributed by atoms with Crippen molar-refractivity contribution in [3.05, 3.63) is 57.7 Å². The first kappa shape index (κ1) is 16.7. The maximum absolute atomic E-state index is 12.0. The number of hydrogen-bond acceptors (Lipinski definition) is 6. The second-order valence-corrected chi connectivity index (χ2v) is 7.20. The normalized spacial score (nSPS) is 16.1. The number of rotatable bonds is 2. The lowest BCUT2D eigenvalue weighted by Gasteiger charge is -1.94. The van der Waals surface area contributed by atoms with E-state index in [-0.39, 0.29) is 17.0 Å². The van der Waals surface area contributed by atoms with Crippen molar-refractivity contribution >= 4 is 61.4 Å². The summed E-state index contributed by atoms with van der Waals surface area (Å²) in [4.78, 5) is 23.3. The summed E-state index contributed by atoms with van der Waals surface area (Å²) in [5, 5.41) is 19.0. The fourth-order valence-corrected chi connectivity index (χ4v) is 3.45. The number of halogens is 1. The molecule has 0 unspecified atom stereocenters. The van der Waals surface area contributed by atoms with Gasteiger partial charge in [-0.2, -0.15) is 4.99 Å². The van der Waals surface area contributed by atoms with Gasteiger partial charge in [0.2, 0.25) is 11.0 Å². The Bertz CT molecular complexity index is 1110. The van der Waals surface area contributed by atoms with E-state index >= 15 is 0 Å². The van der Waals surface area contributed by atoms with Crippen molar-refractivity contribution in [3.8, 4) is 5.88 Å². The third kappa shape index (κ3) is 3.31. The smallest absolute Gasteiger partial charge is 0.286 e. The second kappa shape index (κ2) is 6.85. The number of nitrogens with one attached hydrogen (secondary N) is 1. The Labute approximate surface area is 160 Å². The molecule has 1 aliphatic rings. The predicted molar refractivity (Wildman–Crippen MR) is 104 cm³/mol. The van der Waals surface area contributed by atoms with E-state index in [0.717, 1.165) is 21.8 Å². The summed E-state index contributed by atoms with van der Waals surface area (Å²) in [6.07, 6.45) is 3.30. The van der Waals surface area contributed by atoms with Crippen LogP contribution in [-0.4, -0.2) is 26.1 Å². The number of aromatic hydroxyl groups is 1. The van der Waals surface area contributed by atoms with Gasteiger partial charge in [0.1, 0.15) is 0 Å². The van der Waals surface area contributed by atoms with Crippen LogP contribution in [0.2, 0.25) is 0 Å². The number of aliphatic imine (C=N–C) groups is 1. The molecule has 1 aliphatic heterocycles. The highest BCUT2D eigenvalue weighted by molar-refractivity contribution is 9.10. The van der Waals surface area contributed by atoms with E-state index in [1.165, 1.54) is 0 Å². The second-order valence-electron chi connectivity index (χ2n) is 5.28. The lowest BCUT2D eigenvalue weighted by atomic mass is 10.2. The molecule has 2 aromatic heterocycles. The highest BCUT2D eigenvalue weighted by Crippen LogP contribution is 2.37. The molecular weight excluding hydrogens is 418 g/mol. The number of hydrogen-bond donors (Lipinski definition) is 2. The molecule has 4 rings (SSSR count). The molecule has 3 aromatic rings. The number of pyridine rings is 1. The van der Waals surface area contributed by atoms with Crippen molar-refractivity contribution in [3.63, 3.8) is 0 Å². The Kier molecular flexibility index (Phi) is 4.39. The van der Waals surface area contributed by atoms with Gasteiger partial charge in [0.15, 0.2) is 5.69 Å². The number of amides is 1. The topological polar surface area (TPSA) is 103 Å². The molecule has 0 atom stereocenters. The van der Waals surface area contributed by atoms with E-state index in [1.807, 2.05) is 24.3 Å². The Morgan fingerprint density at radius 1 is 1.23 bits per heavy atom. The van der Waals surface area contributed by atoms with E-state index in [0.29, 0.717) is 21.7 Å². The van der Waals surface area contributed by atoms with Gasteiger partial charge in [0, 0.05) is 16.1 Å². The Balaban J connectivity index is 1.60. The Morgan fingerprint density at radius 2 is 2.12 bits per heavy atom. The molecule has 0 saturated carbocycles. The first-order valence-corrected chi connectivity index (χ1v) is 9.06. The highest BCUT2D eigenvalue weighted by Gasteiger charge is 2.22. The van der Waals surface area contributed by atoms with Crippen LogP contribution >= 0.6 is 27.7 Å². The Hall–Kier alpha value is -2.78. The van der Waals surface area contributed by atoms with Crippen LogP contribution in [0.25, 0.3) is 17.0 Å². The molecule has 0 bridgehead atoms. The number of carbonyl (C=O) groups excluding carboxylic acids is 1. The van der Waals surface area contributed by atoms with Crippen LogP contribution < -0.4 is 0 Å². The van der Waals surface area contributed by atoms with Gasteiger partial charge in [0.25, 0.3) is 5.91 Å². The summed E-state index contributed by atoms with van der Waals surface area (Å²) in [6.45, 7) is 0. The number of carbonyl (C=O) groups is 1. The van der Waals surface area contributed by atoms with E-state index in [2.05, 4.69) is 41.1 Å². The first-order chi connectivity index (χ1) is 12.6. The molecule has 9 heteroatoms. The number of benzene rings is 1. The summed E-state index contributed by atoms with van der Waals surface area (Å²) in [6, 6.07) is 10.9. The van der Waals surface area contributed by atoms with Gasteiger partial charge in [-0.1, -0.05) is 22.0 Å². The molecular formula is C17H10BrN5O2S. The van der Waals surface area contributed by atoms with Gasteiger partial charge in [0.05, 0.1) is 16.1 Å². The first-order valence-electron chi connectivity index (χ1n) is 7.46. The molecule has 128 valence electrons. The van der Waals surface area contributed by atoms with Crippen LogP contribution in [0.15, 0.2) is 67.2 Å². The summed E-state index contributed by atoms with van der Waals surface area (Å²) in [5.74, 6) is -0.485. The minimum atomic E-state index is -0.388. The van der Waals surface area contributed by atoms with Gasteiger partial charge in [-0.3, -0.25) is 9.78 Å². The van der Waals surface area contributed by atoms with E-state index in [9.17, 15) is 9.90 Å². The number of H-pyrrole nitrogens is 1. The molecule has 26 heavy (non-hydrogen) atoms. The molecule has 0 aliphatic carbocycles. The van der Waals surface area contributed by atoms with E-state index in [4.69, 9.17) is 0 Å². The molecule has 0 spiro atoms. The number of nitrogens with zero attached hydrogens (tertiary/aromatic N) is 4. The molecule has 1 amide bonds. The van der Waals surface area contributed by atoms with Crippen LogP contribution in [0.1, 0.15) is 5.69 Å². The molecule has 3 heterocycles. The average Bonchev–Trinajstić information content (AvgIpc) is 3.13. The predicted octanol–water partition coefficient (Wildman–Crippen LogP) is 4.79. The van der Waals surface area contributed by atoms with Crippen LogP contribution in [0, 0.1) is 0 Å². The van der Waals surface area contributed by atoms with Crippen LogP contribution in [0.5, 0.6) is 5.88 Å². The van der Waals surface area contributed by atoms with Crippen molar-refractivity contribution < 1.29 is 9.90 Å². The van der Waals surface area contributed by atoms with Gasteiger partial charge < -0.3 is 10.1 Å². The number of aromatic nitrogens is 2. The number of azo groups is 1. The van der Waals surface area contributed by atoms with E-state index in [1.54, 1.807) is 24.4 Å². The molecule has 7 nitrogen and oxygen atoms in total. The fraction of sp³-hybridized carbons (Fsp3) is 0. The minimum absolute atomic E-state index is 0.0963. The minimum Gasteiger partial charge on any atom is -0.493 e. The Morgan fingerprint density at radius 3 is 2.92 bits per heavy atom. The standard InChI is InChI=1S/C17H10BrN5O2S/c18-9-4-5-12-11(7-9)14(16(25)20-12)22-23-17-21-15(24)13(26-17)8-10-3-1-2-6-19-10/h1-8,20,25H/b13-8+,23-22?. The van der Waals surface area contributed by atoms with Gasteiger partial charge in [-0.15, -0.1) is 10.2 Å². The highest BCUT2D eigenvalue weighted by atomic mass is 79.9. The van der Waals surface area contributed by atoms with Gasteiger partial charge >= 0.3 is 0 Å². The zero-order chi connectivity index (χ0) is 18.1. The quantitative estimate of drug-likeness (QED) is 0.453. The lowest BCUT2D eigenvalue weighted by Crippen LogP contribution is -1.88. The van der Waals surface area contributed by atoms with E-state index < -0.39 is 0 Å². The number of fused-ring (bicyclic) bond motifs is 1. The molecule has 2 N–H and O–H groups in total. The SMILES string of the molecule is O=C1N=C(N=Nc2c(O)[nH]c3ccc(Br)cc23)S/C1=C/c1ccccn1. The third-order valence-electron chi connectivity index (χ3n) is 3.53. The number of thioether (sulfide) groups is 1. The summed E-state index contributed by atoms with van der Waals surface area (Å²) in [7, 11) is 0. The average molecular weight is 428 g/mol. The monoisotopic (exact) mass is 427 g/mol. The number of amidine groups is 1. The zero-order valence-electron chi connectivity index (χ0n) is 13.0.